The fraction of sp³-hybridized carbons (Fsp3) is 0.500. The van der Waals surface area contributed by atoms with E-state index in [4.69, 9.17) is 4.74 Å². The van der Waals surface area contributed by atoms with E-state index in [1.807, 2.05) is 18.3 Å². The summed E-state index contributed by atoms with van der Waals surface area (Å²) in [6, 6.07) is 8.18. The summed E-state index contributed by atoms with van der Waals surface area (Å²) in [5.74, 6) is 1.78. The molecule has 0 spiro atoms. The number of ether oxygens (including phenoxy) is 1. The maximum atomic E-state index is 5.74. The van der Waals surface area contributed by atoms with Crippen LogP contribution in [0.15, 0.2) is 35.5 Å². The van der Waals surface area contributed by atoms with E-state index in [9.17, 15) is 0 Å². The van der Waals surface area contributed by atoms with E-state index >= 15 is 0 Å². The van der Waals surface area contributed by atoms with Crippen molar-refractivity contribution in [1.29, 1.82) is 0 Å². The number of nitrogens with zero attached hydrogens (tertiary/aromatic N) is 2. The Hall–Kier alpha value is -1.35. The molecule has 0 saturated carbocycles. The molecule has 1 heterocycles. The van der Waals surface area contributed by atoms with Gasteiger partial charge in [-0.25, -0.2) is 4.98 Å². The molecule has 2 aromatic rings. The Morgan fingerprint density at radius 3 is 2.56 bits per heavy atom. The van der Waals surface area contributed by atoms with E-state index < -0.39 is 0 Å². The van der Waals surface area contributed by atoms with Crippen molar-refractivity contribution in [3.05, 3.63) is 45.9 Å². The Kier molecular flexibility index (Phi) is 12.1. The molecule has 1 aromatic heterocycles. The Morgan fingerprint density at radius 2 is 1.89 bits per heavy atom. The zero-order valence-electron chi connectivity index (χ0n) is 16.5. The molecule has 0 aliphatic heterocycles. The Balaban J connectivity index is 0.00000364. The fourth-order valence-electron chi connectivity index (χ4n) is 2.39. The second kappa shape index (κ2) is 13.8. The largest absolute Gasteiger partial charge is 0.494 e. The summed E-state index contributed by atoms with van der Waals surface area (Å²) in [7, 11) is 1.80. The fourth-order valence-corrected chi connectivity index (χ4v) is 3.26. The molecule has 0 aliphatic rings. The number of aromatic nitrogens is 1. The van der Waals surface area contributed by atoms with E-state index in [0.717, 1.165) is 57.1 Å². The van der Waals surface area contributed by atoms with Crippen molar-refractivity contribution in [1.82, 2.24) is 15.6 Å². The molecule has 5 nitrogen and oxygen atoms in total. The molecule has 2 rings (SSSR count). The van der Waals surface area contributed by atoms with E-state index in [2.05, 4.69) is 46.6 Å². The van der Waals surface area contributed by atoms with Gasteiger partial charge in [-0.15, -0.1) is 35.3 Å². The second-order valence-corrected chi connectivity index (χ2v) is 7.32. The number of guanidine groups is 1. The van der Waals surface area contributed by atoms with Crippen LogP contribution in [-0.2, 0) is 12.8 Å². The van der Waals surface area contributed by atoms with Crippen LogP contribution in [0.1, 0.15) is 35.2 Å². The Bertz CT molecular complexity index is 673. The van der Waals surface area contributed by atoms with Crippen molar-refractivity contribution >= 4 is 41.3 Å². The molecule has 0 aliphatic carbocycles. The maximum Gasteiger partial charge on any atom is 0.190 e. The minimum atomic E-state index is 0. The van der Waals surface area contributed by atoms with Crippen molar-refractivity contribution in [3.8, 4) is 5.75 Å². The molecule has 150 valence electrons. The lowest BCUT2D eigenvalue weighted by molar-refractivity contribution is 0.307. The van der Waals surface area contributed by atoms with Gasteiger partial charge in [0.25, 0.3) is 0 Å². The topological polar surface area (TPSA) is 58.5 Å². The Labute approximate surface area is 184 Å². The number of thiazole rings is 1. The van der Waals surface area contributed by atoms with Crippen molar-refractivity contribution in [2.24, 2.45) is 4.99 Å². The van der Waals surface area contributed by atoms with Crippen LogP contribution >= 0.6 is 35.3 Å². The molecule has 0 radical (unpaired) electrons. The number of halogens is 1. The van der Waals surface area contributed by atoms with Crippen LogP contribution in [0.2, 0.25) is 0 Å². The molecule has 0 fully saturated rings. The summed E-state index contributed by atoms with van der Waals surface area (Å²) < 4.78 is 5.74. The number of hydrogen-bond donors (Lipinski definition) is 2. The molecule has 27 heavy (non-hydrogen) atoms. The lowest BCUT2D eigenvalue weighted by Crippen LogP contribution is -2.38. The van der Waals surface area contributed by atoms with Crippen LogP contribution in [-0.4, -0.2) is 37.7 Å². The Morgan fingerprint density at radius 1 is 1.15 bits per heavy atom. The monoisotopic (exact) mass is 502 g/mol. The summed E-state index contributed by atoms with van der Waals surface area (Å²) in [6.45, 7) is 6.70. The summed E-state index contributed by atoms with van der Waals surface area (Å²) in [5, 5.41) is 7.86. The molecule has 0 saturated heterocycles. The number of benzene rings is 1. The number of unbranched alkanes of at least 4 members (excludes halogenated alkanes) is 1. The molecular weight excluding hydrogens is 471 g/mol. The summed E-state index contributed by atoms with van der Waals surface area (Å²) in [6.07, 6.45) is 6.01. The average Bonchev–Trinajstić information content (AvgIpc) is 3.12. The predicted octanol–water partition coefficient (Wildman–Crippen LogP) is 4.20. The lowest BCUT2D eigenvalue weighted by Gasteiger charge is -2.11. The highest BCUT2D eigenvalue weighted by Crippen LogP contribution is 2.13. The van der Waals surface area contributed by atoms with Crippen molar-refractivity contribution < 1.29 is 4.74 Å². The normalized spacial score (nSPS) is 11.0. The highest BCUT2D eigenvalue weighted by atomic mass is 127. The van der Waals surface area contributed by atoms with Crippen LogP contribution in [0.5, 0.6) is 5.75 Å². The zero-order chi connectivity index (χ0) is 18.6. The van der Waals surface area contributed by atoms with Gasteiger partial charge in [0.15, 0.2) is 5.96 Å². The molecular formula is C20H31IN4OS. The zero-order valence-corrected chi connectivity index (χ0v) is 19.6. The van der Waals surface area contributed by atoms with Crippen LogP contribution in [0.25, 0.3) is 0 Å². The molecule has 0 bridgehead atoms. The SMILES string of the molecule is CCc1cnc(CCNC(=NC)NCCCCOc2ccc(C)cc2)s1.I. The average molecular weight is 502 g/mol. The summed E-state index contributed by atoms with van der Waals surface area (Å²) >= 11 is 1.79. The van der Waals surface area contributed by atoms with Gasteiger partial charge in [0.2, 0.25) is 0 Å². The highest BCUT2D eigenvalue weighted by Gasteiger charge is 2.02. The van der Waals surface area contributed by atoms with Gasteiger partial charge in [-0.2, -0.15) is 0 Å². The van der Waals surface area contributed by atoms with Crippen molar-refractivity contribution in [3.63, 3.8) is 0 Å². The molecule has 0 amide bonds. The molecule has 7 heteroatoms. The number of aryl methyl sites for hydroxylation is 2. The van der Waals surface area contributed by atoms with Gasteiger partial charge < -0.3 is 15.4 Å². The first kappa shape index (κ1) is 23.7. The van der Waals surface area contributed by atoms with Gasteiger partial charge in [0, 0.05) is 37.6 Å². The van der Waals surface area contributed by atoms with Gasteiger partial charge in [-0.3, -0.25) is 4.99 Å². The second-order valence-electron chi connectivity index (χ2n) is 6.12. The quantitative estimate of drug-likeness (QED) is 0.221. The van der Waals surface area contributed by atoms with Gasteiger partial charge in [0.1, 0.15) is 5.75 Å². The highest BCUT2D eigenvalue weighted by molar-refractivity contribution is 14.0. The number of hydrogen-bond acceptors (Lipinski definition) is 4. The first-order valence-corrected chi connectivity index (χ1v) is 10.1. The van der Waals surface area contributed by atoms with Gasteiger partial charge in [-0.1, -0.05) is 24.6 Å². The summed E-state index contributed by atoms with van der Waals surface area (Å²) in [4.78, 5) is 10.0. The van der Waals surface area contributed by atoms with Crippen LogP contribution in [0.4, 0.5) is 0 Å². The standard InChI is InChI=1S/C20H30N4OS.HI/c1-4-18-15-24-19(26-18)11-13-23-20(21-3)22-12-5-6-14-25-17-9-7-16(2)8-10-17;/h7-10,15H,4-6,11-14H2,1-3H3,(H2,21,22,23);1H. The van der Waals surface area contributed by atoms with E-state index in [1.54, 1.807) is 18.4 Å². The maximum absolute atomic E-state index is 5.74. The number of aliphatic imine (C=N–C) groups is 1. The molecule has 1 aromatic carbocycles. The van der Waals surface area contributed by atoms with E-state index in [0.29, 0.717) is 0 Å². The third kappa shape index (κ3) is 9.41. The van der Waals surface area contributed by atoms with E-state index in [1.165, 1.54) is 15.4 Å². The molecule has 0 atom stereocenters. The van der Waals surface area contributed by atoms with Crippen LogP contribution in [0, 0.1) is 6.92 Å². The van der Waals surface area contributed by atoms with Gasteiger partial charge in [-0.05, 0) is 38.3 Å². The first-order chi connectivity index (χ1) is 12.7. The lowest BCUT2D eigenvalue weighted by atomic mass is 10.2. The first-order valence-electron chi connectivity index (χ1n) is 9.29. The smallest absolute Gasteiger partial charge is 0.190 e. The summed E-state index contributed by atoms with van der Waals surface area (Å²) in [5.41, 5.74) is 1.25. The van der Waals surface area contributed by atoms with Gasteiger partial charge in [0.05, 0.1) is 11.6 Å². The van der Waals surface area contributed by atoms with Crippen LogP contribution < -0.4 is 15.4 Å². The third-order valence-electron chi connectivity index (χ3n) is 3.96. The van der Waals surface area contributed by atoms with E-state index in [-0.39, 0.29) is 24.0 Å². The van der Waals surface area contributed by atoms with Crippen LogP contribution in [0.3, 0.4) is 0 Å². The van der Waals surface area contributed by atoms with Crippen molar-refractivity contribution in [2.75, 3.05) is 26.7 Å². The third-order valence-corrected chi connectivity index (χ3v) is 5.16. The molecule has 0 unspecified atom stereocenters. The predicted molar refractivity (Wildman–Crippen MR) is 126 cm³/mol. The minimum Gasteiger partial charge on any atom is -0.494 e. The number of rotatable bonds is 10. The van der Waals surface area contributed by atoms with Crippen molar-refractivity contribution in [2.45, 2.75) is 39.5 Å². The minimum absolute atomic E-state index is 0. The number of nitrogens with one attached hydrogen (secondary N) is 2. The van der Waals surface area contributed by atoms with Gasteiger partial charge >= 0.3 is 0 Å². The molecule has 2 N–H and O–H groups in total.